The number of nitrogens with zero attached hydrogens (tertiary/aromatic N) is 2. The summed E-state index contributed by atoms with van der Waals surface area (Å²) in [7, 11) is 0. The van der Waals surface area contributed by atoms with Gasteiger partial charge in [-0.05, 0) is 31.4 Å². The molecule has 1 fully saturated rings. The molecule has 3 rings (SSSR count). The molecule has 1 aromatic heterocycles. The number of piperidine rings is 1. The van der Waals surface area contributed by atoms with Crippen LogP contribution in [0.5, 0.6) is 0 Å². The van der Waals surface area contributed by atoms with Gasteiger partial charge in [0, 0.05) is 31.0 Å². The van der Waals surface area contributed by atoms with Crippen LogP contribution < -0.4 is 0 Å². The predicted molar refractivity (Wildman–Crippen MR) is 90.7 cm³/mol. The fourth-order valence-electron chi connectivity index (χ4n) is 3.05. The number of hydrogen-bond acceptors (Lipinski definition) is 3. The summed E-state index contributed by atoms with van der Waals surface area (Å²) in [5, 5.41) is 9.05. The Labute approximate surface area is 140 Å². The number of pyridine rings is 1. The zero-order chi connectivity index (χ0) is 17.1. The molecule has 0 radical (unpaired) electrons. The molecule has 0 atom stereocenters. The molecule has 2 heterocycles. The largest absolute Gasteiger partial charge is 0.481 e. The number of aliphatic carboxylic acids is 1. The third kappa shape index (κ3) is 3.45. The molecule has 5 nitrogen and oxygen atoms in total. The SMILES string of the molecule is Cc1cccc(-c2cncc(C(=O)N3CCC(C(=O)O)CC3)c2)c1. The lowest BCUT2D eigenvalue weighted by molar-refractivity contribution is -0.143. The van der Waals surface area contributed by atoms with Gasteiger partial charge in [-0.1, -0.05) is 29.8 Å². The number of hydrogen-bond donors (Lipinski definition) is 1. The quantitative estimate of drug-likeness (QED) is 0.942. The van der Waals surface area contributed by atoms with Crippen LogP contribution in [0.2, 0.25) is 0 Å². The first-order valence-electron chi connectivity index (χ1n) is 8.09. The molecular weight excluding hydrogens is 304 g/mol. The number of carbonyl (C=O) groups excluding carboxylic acids is 1. The fourth-order valence-corrected chi connectivity index (χ4v) is 3.05. The van der Waals surface area contributed by atoms with Crippen LogP contribution in [0.4, 0.5) is 0 Å². The molecule has 0 bridgehead atoms. The molecule has 2 aromatic rings. The minimum atomic E-state index is -0.773. The topological polar surface area (TPSA) is 70.5 Å². The van der Waals surface area contributed by atoms with Gasteiger partial charge in [-0.2, -0.15) is 0 Å². The molecule has 1 aliphatic heterocycles. The fraction of sp³-hybridized carbons (Fsp3) is 0.316. The maximum Gasteiger partial charge on any atom is 0.306 e. The molecule has 1 aliphatic rings. The molecule has 1 N–H and O–H groups in total. The summed E-state index contributed by atoms with van der Waals surface area (Å²) < 4.78 is 0. The third-order valence-electron chi connectivity index (χ3n) is 4.47. The van der Waals surface area contributed by atoms with E-state index in [4.69, 9.17) is 5.11 Å². The molecule has 1 aromatic carbocycles. The van der Waals surface area contributed by atoms with Crippen molar-refractivity contribution in [3.63, 3.8) is 0 Å². The predicted octanol–water partition coefficient (Wildman–Crippen LogP) is 2.99. The van der Waals surface area contributed by atoms with Crippen LogP contribution in [0.25, 0.3) is 11.1 Å². The Hall–Kier alpha value is -2.69. The minimum Gasteiger partial charge on any atom is -0.481 e. The van der Waals surface area contributed by atoms with Gasteiger partial charge in [-0.25, -0.2) is 0 Å². The highest BCUT2D eigenvalue weighted by Crippen LogP contribution is 2.23. The van der Waals surface area contributed by atoms with E-state index in [9.17, 15) is 9.59 Å². The number of amides is 1. The van der Waals surface area contributed by atoms with Crippen LogP contribution in [-0.2, 0) is 4.79 Å². The lowest BCUT2D eigenvalue weighted by Gasteiger charge is -2.30. The zero-order valence-electron chi connectivity index (χ0n) is 13.6. The number of carboxylic acids is 1. The first-order valence-corrected chi connectivity index (χ1v) is 8.09. The average molecular weight is 324 g/mol. The van der Waals surface area contributed by atoms with Crippen molar-refractivity contribution in [1.82, 2.24) is 9.88 Å². The molecule has 0 unspecified atom stereocenters. The van der Waals surface area contributed by atoms with Crippen LogP contribution in [0.3, 0.4) is 0 Å². The summed E-state index contributed by atoms with van der Waals surface area (Å²) in [5.41, 5.74) is 3.63. The van der Waals surface area contributed by atoms with Gasteiger partial charge in [-0.3, -0.25) is 14.6 Å². The first-order chi connectivity index (χ1) is 11.5. The Balaban J connectivity index is 1.77. The van der Waals surface area contributed by atoms with E-state index >= 15 is 0 Å². The van der Waals surface area contributed by atoms with E-state index < -0.39 is 5.97 Å². The lowest BCUT2D eigenvalue weighted by atomic mass is 9.96. The summed E-state index contributed by atoms with van der Waals surface area (Å²) in [6, 6.07) is 9.92. The molecule has 124 valence electrons. The summed E-state index contributed by atoms with van der Waals surface area (Å²) in [5.74, 6) is -1.20. The van der Waals surface area contributed by atoms with E-state index in [1.54, 1.807) is 17.3 Å². The van der Waals surface area contributed by atoms with Crippen LogP contribution >= 0.6 is 0 Å². The van der Waals surface area contributed by atoms with Gasteiger partial charge < -0.3 is 10.0 Å². The van der Waals surface area contributed by atoms with Crippen molar-refractivity contribution in [2.75, 3.05) is 13.1 Å². The van der Waals surface area contributed by atoms with E-state index in [2.05, 4.69) is 11.1 Å². The molecule has 5 heteroatoms. The van der Waals surface area contributed by atoms with Gasteiger partial charge in [0.1, 0.15) is 0 Å². The summed E-state index contributed by atoms with van der Waals surface area (Å²) in [6.07, 6.45) is 4.34. The van der Waals surface area contributed by atoms with E-state index in [-0.39, 0.29) is 11.8 Å². The van der Waals surface area contributed by atoms with Crippen molar-refractivity contribution in [3.8, 4) is 11.1 Å². The zero-order valence-corrected chi connectivity index (χ0v) is 13.6. The number of rotatable bonds is 3. The Bertz CT molecular complexity index is 765. The standard InChI is InChI=1S/C19H20N2O3/c1-13-3-2-4-15(9-13)16-10-17(12-20-11-16)18(22)21-7-5-14(6-8-21)19(23)24/h2-4,9-12,14H,5-8H2,1H3,(H,23,24). The highest BCUT2D eigenvalue weighted by atomic mass is 16.4. The smallest absolute Gasteiger partial charge is 0.306 e. The van der Waals surface area contributed by atoms with E-state index in [1.165, 1.54) is 0 Å². The van der Waals surface area contributed by atoms with Crippen molar-refractivity contribution >= 4 is 11.9 Å². The van der Waals surface area contributed by atoms with Crippen molar-refractivity contribution in [1.29, 1.82) is 0 Å². The van der Waals surface area contributed by atoms with Gasteiger partial charge >= 0.3 is 5.97 Å². The van der Waals surface area contributed by atoms with Crippen LogP contribution in [0, 0.1) is 12.8 Å². The molecule has 1 amide bonds. The Morgan fingerprint density at radius 2 is 1.88 bits per heavy atom. The number of carbonyl (C=O) groups is 2. The second kappa shape index (κ2) is 6.83. The number of aromatic nitrogens is 1. The Morgan fingerprint density at radius 1 is 1.12 bits per heavy atom. The minimum absolute atomic E-state index is 0.0826. The van der Waals surface area contributed by atoms with Crippen molar-refractivity contribution < 1.29 is 14.7 Å². The van der Waals surface area contributed by atoms with Crippen LogP contribution in [-0.4, -0.2) is 40.0 Å². The van der Waals surface area contributed by atoms with Gasteiger partial charge in [0.15, 0.2) is 0 Å². The van der Waals surface area contributed by atoms with Crippen molar-refractivity contribution in [2.24, 2.45) is 5.92 Å². The van der Waals surface area contributed by atoms with Gasteiger partial charge in [-0.15, -0.1) is 0 Å². The summed E-state index contributed by atoms with van der Waals surface area (Å²) >= 11 is 0. The molecule has 0 aliphatic carbocycles. The Kier molecular flexibility index (Phi) is 4.60. The number of carboxylic acid groups (broad SMARTS) is 1. The first kappa shape index (κ1) is 16.2. The van der Waals surface area contributed by atoms with Crippen molar-refractivity contribution in [3.05, 3.63) is 53.9 Å². The maximum absolute atomic E-state index is 12.7. The second-order valence-corrected chi connectivity index (χ2v) is 6.24. The molecule has 1 saturated heterocycles. The van der Waals surface area contributed by atoms with Crippen LogP contribution in [0.15, 0.2) is 42.7 Å². The van der Waals surface area contributed by atoms with Gasteiger partial charge in [0.2, 0.25) is 0 Å². The van der Waals surface area contributed by atoms with E-state index in [0.29, 0.717) is 31.5 Å². The monoisotopic (exact) mass is 324 g/mol. The summed E-state index contributed by atoms with van der Waals surface area (Å²) in [6.45, 7) is 2.98. The summed E-state index contributed by atoms with van der Waals surface area (Å²) in [4.78, 5) is 29.6. The lowest BCUT2D eigenvalue weighted by Crippen LogP contribution is -2.40. The van der Waals surface area contributed by atoms with E-state index in [0.717, 1.165) is 16.7 Å². The number of aryl methyl sites for hydroxylation is 1. The molecule has 24 heavy (non-hydrogen) atoms. The van der Waals surface area contributed by atoms with Gasteiger partial charge in [0.25, 0.3) is 5.91 Å². The van der Waals surface area contributed by atoms with E-state index in [1.807, 2.05) is 31.2 Å². The maximum atomic E-state index is 12.7. The van der Waals surface area contributed by atoms with Crippen LogP contribution in [0.1, 0.15) is 28.8 Å². The molecular formula is C19H20N2O3. The highest BCUT2D eigenvalue weighted by Gasteiger charge is 2.27. The Morgan fingerprint density at radius 3 is 2.54 bits per heavy atom. The molecule has 0 saturated carbocycles. The van der Waals surface area contributed by atoms with Gasteiger partial charge in [0.05, 0.1) is 11.5 Å². The normalized spacial score (nSPS) is 15.3. The number of benzene rings is 1. The van der Waals surface area contributed by atoms with Crippen molar-refractivity contribution in [2.45, 2.75) is 19.8 Å². The third-order valence-corrected chi connectivity index (χ3v) is 4.47. The molecule has 0 spiro atoms. The average Bonchev–Trinajstić information content (AvgIpc) is 2.61. The highest BCUT2D eigenvalue weighted by molar-refractivity contribution is 5.95. The second-order valence-electron chi connectivity index (χ2n) is 6.24. The number of likely N-dealkylation sites (tertiary alicyclic amines) is 1.